The second-order valence-electron chi connectivity index (χ2n) is 6.27. The van der Waals surface area contributed by atoms with Crippen LogP contribution in [0, 0.1) is 5.82 Å². The van der Waals surface area contributed by atoms with E-state index < -0.39 is 17.8 Å². The number of hydrogen-bond acceptors (Lipinski definition) is 3. The minimum atomic E-state index is -2.93. The highest BCUT2D eigenvalue weighted by Gasteiger charge is 2.47. The van der Waals surface area contributed by atoms with Crippen LogP contribution in [0.3, 0.4) is 0 Å². The maximum Gasteiger partial charge on any atom is 0.269 e. The number of imidazole rings is 1. The molecule has 0 radical (unpaired) electrons. The van der Waals surface area contributed by atoms with Gasteiger partial charge in [-0.3, -0.25) is 0 Å². The Morgan fingerprint density at radius 2 is 2.12 bits per heavy atom. The van der Waals surface area contributed by atoms with Gasteiger partial charge in [0, 0.05) is 16.2 Å². The second-order valence-corrected chi connectivity index (χ2v) is 7.19. The fourth-order valence-corrected chi connectivity index (χ4v) is 3.34. The summed E-state index contributed by atoms with van der Waals surface area (Å²) < 4.78 is 44.6. The van der Waals surface area contributed by atoms with Gasteiger partial charge in [-0.25, -0.2) is 23.1 Å². The molecule has 0 amide bonds. The van der Waals surface area contributed by atoms with Crippen LogP contribution in [0.4, 0.5) is 13.2 Å². The van der Waals surface area contributed by atoms with Crippen molar-refractivity contribution in [3.63, 3.8) is 0 Å². The van der Waals surface area contributed by atoms with E-state index >= 15 is 0 Å². The molecule has 2 heterocycles. The van der Waals surface area contributed by atoms with Crippen molar-refractivity contribution >= 4 is 21.8 Å². The zero-order chi connectivity index (χ0) is 18.4. The number of nitrogens with zero attached hydrogens (tertiary/aromatic N) is 3. The minimum Gasteiger partial charge on any atom is -0.381 e. The topological polar surface area (TPSA) is 56.2 Å². The van der Waals surface area contributed by atoms with Gasteiger partial charge in [0.2, 0.25) is 0 Å². The average molecular weight is 415 g/mol. The molecule has 2 N–H and O–H groups in total. The van der Waals surface area contributed by atoms with Gasteiger partial charge in [0.1, 0.15) is 5.82 Å². The van der Waals surface area contributed by atoms with Crippen molar-refractivity contribution in [1.29, 1.82) is 0 Å². The molecule has 4 nitrogen and oxygen atoms in total. The van der Waals surface area contributed by atoms with Gasteiger partial charge in [0.25, 0.3) is 6.43 Å². The van der Waals surface area contributed by atoms with Gasteiger partial charge in [-0.1, -0.05) is 29.8 Å². The van der Waals surface area contributed by atoms with E-state index in [1.165, 1.54) is 12.1 Å². The van der Waals surface area contributed by atoms with Crippen molar-refractivity contribution in [1.82, 2.24) is 9.55 Å². The van der Waals surface area contributed by atoms with E-state index in [0.29, 0.717) is 10.3 Å². The Bertz CT molecular complexity index is 833. The number of nitrogens with two attached hydrogens (primary N) is 1. The lowest BCUT2D eigenvalue weighted by Crippen LogP contribution is -2.44. The quantitative estimate of drug-likeness (QED) is 0.815. The van der Waals surface area contributed by atoms with Gasteiger partial charge < -0.3 is 10.3 Å². The van der Waals surface area contributed by atoms with Gasteiger partial charge in [0.05, 0.1) is 12.2 Å². The molecular weight excluding hydrogens is 397 g/mol. The summed E-state index contributed by atoms with van der Waals surface area (Å²) in [6.45, 7) is 3.79. The average Bonchev–Trinajstić information content (AvgIpc) is 3.00. The smallest absolute Gasteiger partial charge is 0.269 e. The summed E-state index contributed by atoms with van der Waals surface area (Å²) >= 11 is 3.21. The largest absolute Gasteiger partial charge is 0.381 e. The summed E-state index contributed by atoms with van der Waals surface area (Å²) in [5, 5.41) is 0. The summed E-state index contributed by atoms with van der Waals surface area (Å²) in [5.74, 6) is -0.345. The summed E-state index contributed by atoms with van der Waals surface area (Å²) in [7, 11) is 0. The van der Waals surface area contributed by atoms with Crippen molar-refractivity contribution in [3.05, 3.63) is 51.8 Å². The maximum atomic E-state index is 14.4. The molecule has 1 aliphatic rings. The van der Waals surface area contributed by atoms with E-state index in [4.69, 9.17) is 5.73 Å². The SMILES string of the molecule is CCC(C)c1cn2c(n1)C(N)=NC(c1cc(Br)ccc1F)(C(F)F)C2. The number of rotatable bonds is 4. The van der Waals surface area contributed by atoms with E-state index in [-0.39, 0.29) is 23.9 Å². The van der Waals surface area contributed by atoms with Crippen LogP contribution in [-0.4, -0.2) is 21.8 Å². The van der Waals surface area contributed by atoms with Crippen LogP contribution in [0.2, 0.25) is 0 Å². The van der Waals surface area contributed by atoms with Crippen LogP contribution >= 0.6 is 15.9 Å². The molecule has 0 spiro atoms. The molecule has 8 heteroatoms. The molecule has 0 fully saturated rings. The molecule has 1 aliphatic heterocycles. The van der Waals surface area contributed by atoms with Crippen molar-refractivity contribution in [2.75, 3.05) is 0 Å². The van der Waals surface area contributed by atoms with Gasteiger partial charge in [0.15, 0.2) is 17.2 Å². The van der Waals surface area contributed by atoms with Crippen LogP contribution in [0.5, 0.6) is 0 Å². The molecule has 2 unspecified atom stereocenters. The van der Waals surface area contributed by atoms with Crippen molar-refractivity contribution in [2.24, 2.45) is 10.7 Å². The number of halogens is 4. The molecule has 1 aromatic heterocycles. The molecule has 0 bridgehead atoms. The zero-order valence-electron chi connectivity index (χ0n) is 13.8. The third-order valence-corrected chi connectivity index (χ3v) is 5.12. The fraction of sp³-hybridized carbons (Fsp3) is 0.412. The Balaban J connectivity index is 2.16. The zero-order valence-corrected chi connectivity index (χ0v) is 15.4. The lowest BCUT2D eigenvalue weighted by atomic mass is 9.89. The molecule has 134 valence electrons. The van der Waals surface area contributed by atoms with Crippen LogP contribution in [0.15, 0.2) is 33.9 Å². The van der Waals surface area contributed by atoms with Crippen LogP contribution in [-0.2, 0) is 12.1 Å². The molecular formula is C17H18BrF3N4. The van der Waals surface area contributed by atoms with Gasteiger partial charge >= 0.3 is 0 Å². The number of amidine groups is 1. The highest BCUT2D eigenvalue weighted by atomic mass is 79.9. The standard InChI is InChI=1S/C17H18BrF3N4/c1-3-9(2)13-7-25-8-17(16(20)21,24-14(22)15(25)23-13)11-6-10(18)4-5-12(11)19/h4-7,9,16H,3,8H2,1-2H3,(H2,22,24). The van der Waals surface area contributed by atoms with Gasteiger partial charge in [-0.2, -0.15) is 0 Å². The molecule has 3 rings (SSSR count). The van der Waals surface area contributed by atoms with E-state index in [9.17, 15) is 13.2 Å². The number of benzene rings is 1. The number of aliphatic imine (C=N–C) groups is 1. The van der Waals surface area contributed by atoms with E-state index in [2.05, 4.69) is 25.9 Å². The molecule has 25 heavy (non-hydrogen) atoms. The lowest BCUT2D eigenvalue weighted by Gasteiger charge is -2.34. The predicted molar refractivity (Wildman–Crippen MR) is 93.4 cm³/mol. The van der Waals surface area contributed by atoms with Crippen LogP contribution in [0.1, 0.15) is 43.3 Å². The van der Waals surface area contributed by atoms with E-state index in [0.717, 1.165) is 18.2 Å². The predicted octanol–water partition coefficient (Wildman–Crippen LogP) is 4.18. The summed E-state index contributed by atoms with van der Waals surface area (Å²) in [6, 6.07) is 3.93. The molecule has 0 saturated heterocycles. The Morgan fingerprint density at radius 1 is 1.40 bits per heavy atom. The first-order valence-electron chi connectivity index (χ1n) is 7.95. The number of aromatic nitrogens is 2. The highest BCUT2D eigenvalue weighted by molar-refractivity contribution is 9.10. The first-order valence-corrected chi connectivity index (χ1v) is 8.74. The first-order chi connectivity index (χ1) is 11.8. The Hall–Kier alpha value is -1.83. The second kappa shape index (κ2) is 6.48. The van der Waals surface area contributed by atoms with Crippen molar-refractivity contribution in [2.45, 2.75) is 44.7 Å². The monoisotopic (exact) mass is 414 g/mol. The first kappa shape index (κ1) is 18.0. The van der Waals surface area contributed by atoms with E-state index in [1.54, 1.807) is 10.8 Å². The van der Waals surface area contributed by atoms with Crippen LogP contribution in [0.25, 0.3) is 0 Å². The highest BCUT2D eigenvalue weighted by Crippen LogP contribution is 2.40. The van der Waals surface area contributed by atoms with Crippen molar-refractivity contribution in [3.8, 4) is 0 Å². The summed E-state index contributed by atoms with van der Waals surface area (Å²) in [4.78, 5) is 8.45. The van der Waals surface area contributed by atoms with Gasteiger partial charge in [-0.05, 0) is 30.5 Å². The Morgan fingerprint density at radius 3 is 2.76 bits per heavy atom. The molecule has 2 aromatic rings. The Kier molecular flexibility index (Phi) is 4.66. The molecule has 0 aliphatic carbocycles. The summed E-state index contributed by atoms with van der Waals surface area (Å²) in [6.07, 6.45) is -0.372. The third-order valence-electron chi connectivity index (χ3n) is 4.63. The Labute approximate surface area is 152 Å². The number of alkyl halides is 2. The fourth-order valence-electron chi connectivity index (χ4n) is 2.98. The molecule has 2 atom stereocenters. The molecule has 1 aromatic carbocycles. The van der Waals surface area contributed by atoms with Crippen molar-refractivity contribution < 1.29 is 13.2 Å². The maximum absolute atomic E-state index is 14.4. The van der Waals surface area contributed by atoms with Crippen LogP contribution < -0.4 is 5.73 Å². The normalized spacial score (nSPS) is 21.2. The number of hydrogen-bond donors (Lipinski definition) is 1. The third kappa shape index (κ3) is 2.96. The van der Waals surface area contributed by atoms with Gasteiger partial charge in [-0.15, -0.1) is 0 Å². The molecule has 0 saturated carbocycles. The van der Waals surface area contributed by atoms with E-state index in [1.807, 2.05) is 13.8 Å². The minimum absolute atomic E-state index is 0.111. The summed E-state index contributed by atoms with van der Waals surface area (Å²) in [5.41, 5.74) is 4.42. The lowest BCUT2D eigenvalue weighted by molar-refractivity contribution is 0.0385. The number of fused-ring (bicyclic) bond motifs is 1.